The fourth-order valence-electron chi connectivity index (χ4n) is 1.45. The Kier molecular flexibility index (Phi) is 4.40. The normalized spacial score (nSPS) is 10.2. The van der Waals surface area contributed by atoms with Crippen LogP contribution in [0.15, 0.2) is 35.7 Å². The largest absolute Gasteiger partial charge is 0.497 e. The van der Waals surface area contributed by atoms with E-state index in [1.807, 2.05) is 28.8 Å². The minimum absolute atomic E-state index is 0.0470. The fourth-order valence-corrected chi connectivity index (χ4v) is 2.25. The first-order valence-electron chi connectivity index (χ1n) is 5.62. The van der Waals surface area contributed by atoms with Gasteiger partial charge in [0.2, 0.25) is 5.91 Å². The second kappa shape index (κ2) is 6.24. The molecule has 2 aromatic rings. The van der Waals surface area contributed by atoms with Gasteiger partial charge in [-0.05, 0) is 24.3 Å². The zero-order chi connectivity index (χ0) is 13.7. The number of nitrogens with one attached hydrogen (secondary N) is 1. The highest BCUT2D eigenvalue weighted by Crippen LogP contribution is 2.21. The van der Waals surface area contributed by atoms with Gasteiger partial charge in [-0.25, -0.2) is 0 Å². The first kappa shape index (κ1) is 13.4. The number of hydrogen-bond donors (Lipinski definition) is 1. The maximum atomic E-state index is 11.2. The first-order chi connectivity index (χ1) is 9.24. The Morgan fingerprint density at radius 2 is 2.16 bits per heavy atom. The summed E-state index contributed by atoms with van der Waals surface area (Å²) in [4.78, 5) is 11.2. The van der Waals surface area contributed by atoms with Gasteiger partial charge in [-0.1, -0.05) is 11.8 Å². The molecule has 0 bridgehead atoms. The number of thioether (sulfide) groups is 1. The third-order valence-corrected chi connectivity index (χ3v) is 3.42. The minimum atomic E-state index is -0.0470. The van der Waals surface area contributed by atoms with Gasteiger partial charge in [0.15, 0.2) is 5.16 Å². The van der Waals surface area contributed by atoms with Gasteiger partial charge in [-0.2, -0.15) is 0 Å². The molecule has 7 heteroatoms. The van der Waals surface area contributed by atoms with Gasteiger partial charge in [0, 0.05) is 12.7 Å². The average Bonchev–Trinajstić information content (AvgIpc) is 2.93. The molecule has 0 fully saturated rings. The maximum Gasteiger partial charge on any atom is 0.230 e. The predicted molar refractivity (Wildman–Crippen MR) is 72.7 cm³/mol. The van der Waals surface area contributed by atoms with E-state index >= 15 is 0 Å². The second-order valence-electron chi connectivity index (χ2n) is 3.64. The highest BCUT2D eigenvalue weighted by Gasteiger charge is 2.09. The first-order valence-corrected chi connectivity index (χ1v) is 6.61. The molecule has 0 aliphatic heterocycles. The van der Waals surface area contributed by atoms with E-state index in [1.54, 1.807) is 20.5 Å². The van der Waals surface area contributed by atoms with Crippen LogP contribution in [0.1, 0.15) is 0 Å². The number of rotatable bonds is 5. The molecule has 0 radical (unpaired) electrons. The molecule has 2 rings (SSSR count). The summed E-state index contributed by atoms with van der Waals surface area (Å²) in [7, 11) is 3.23. The molecule has 0 spiro atoms. The smallest absolute Gasteiger partial charge is 0.230 e. The molecular formula is C12H14N4O2S. The monoisotopic (exact) mass is 278 g/mol. The number of nitrogens with zero attached hydrogens (tertiary/aromatic N) is 3. The number of carbonyl (C=O) groups is 1. The lowest BCUT2D eigenvalue weighted by atomic mass is 10.3. The molecule has 0 saturated carbocycles. The van der Waals surface area contributed by atoms with Crippen molar-refractivity contribution in [3.63, 3.8) is 0 Å². The lowest BCUT2D eigenvalue weighted by Crippen LogP contribution is -2.20. The SMILES string of the molecule is CNC(=O)CSc1nncn1-c1ccc(OC)cc1. The standard InChI is InChI=1S/C12H14N4O2S/c1-13-11(17)7-19-12-15-14-8-16(12)9-3-5-10(18-2)6-4-9/h3-6,8H,7H2,1-2H3,(H,13,17). The quantitative estimate of drug-likeness (QED) is 0.830. The van der Waals surface area contributed by atoms with Crippen LogP contribution in [0.2, 0.25) is 0 Å². The van der Waals surface area contributed by atoms with Crippen molar-refractivity contribution in [3.05, 3.63) is 30.6 Å². The summed E-state index contributed by atoms with van der Waals surface area (Å²) in [5.74, 6) is 1.05. The average molecular weight is 278 g/mol. The predicted octanol–water partition coefficient (Wildman–Crippen LogP) is 1.11. The zero-order valence-electron chi connectivity index (χ0n) is 10.7. The van der Waals surface area contributed by atoms with Gasteiger partial charge in [0.05, 0.1) is 12.9 Å². The van der Waals surface area contributed by atoms with Gasteiger partial charge in [-0.15, -0.1) is 10.2 Å². The molecule has 1 N–H and O–H groups in total. The second-order valence-corrected chi connectivity index (χ2v) is 4.59. The molecule has 19 heavy (non-hydrogen) atoms. The van der Waals surface area contributed by atoms with Crippen LogP contribution in [0.3, 0.4) is 0 Å². The molecular weight excluding hydrogens is 264 g/mol. The molecule has 0 unspecified atom stereocenters. The van der Waals surface area contributed by atoms with Crippen LogP contribution in [0, 0.1) is 0 Å². The number of aromatic nitrogens is 3. The molecule has 1 heterocycles. The van der Waals surface area contributed by atoms with E-state index in [4.69, 9.17) is 4.74 Å². The number of carbonyl (C=O) groups excluding carboxylic acids is 1. The highest BCUT2D eigenvalue weighted by atomic mass is 32.2. The fraction of sp³-hybridized carbons (Fsp3) is 0.250. The van der Waals surface area contributed by atoms with Gasteiger partial charge >= 0.3 is 0 Å². The van der Waals surface area contributed by atoms with Crippen molar-refractivity contribution in [1.82, 2.24) is 20.1 Å². The lowest BCUT2D eigenvalue weighted by Gasteiger charge is -2.06. The van der Waals surface area contributed by atoms with E-state index < -0.39 is 0 Å². The highest BCUT2D eigenvalue weighted by molar-refractivity contribution is 7.99. The van der Waals surface area contributed by atoms with Crippen molar-refractivity contribution in [3.8, 4) is 11.4 Å². The summed E-state index contributed by atoms with van der Waals surface area (Å²) < 4.78 is 6.94. The Morgan fingerprint density at radius 3 is 2.79 bits per heavy atom. The molecule has 1 aromatic heterocycles. The Hall–Kier alpha value is -2.02. The van der Waals surface area contributed by atoms with Crippen LogP contribution < -0.4 is 10.1 Å². The Morgan fingerprint density at radius 1 is 1.42 bits per heavy atom. The molecule has 1 aromatic carbocycles. The molecule has 0 aliphatic rings. The van der Waals surface area contributed by atoms with Gasteiger partial charge in [-0.3, -0.25) is 9.36 Å². The third-order valence-electron chi connectivity index (χ3n) is 2.48. The molecule has 0 atom stereocenters. The third kappa shape index (κ3) is 3.25. The molecule has 0 saturated heterocycles. The van der Waals surface area contributed by atoms with E-state index in [-0.39, 0.29) is 5.91 Å². The van der Waals surface area contributed by atoms with Crippen LogP contribution in [0.5, 0.6) is 5.75 Å². The molecule has 1 amide bonds. The number of hydrogen-bond acceptors (Lipinski definition) is 5. The van der Waals surface area contributed by atoms with Crippen molar-refractivity contribution in [2.24, 2.45) is 0 Å². The van der Waals surface area contributed by atoms with Crippen molar-refractivity contribution in [2.45, 2.75) is 5.16 Å². The summed E-state index contributed by atoms with van der Waals surface area (Å²) in [5, 5.41) is 11.1. The van der Waals surface area contributed by atoms with Gasteiger partial charge < -0.3 is 10.1 Å². The summed E-state index contributed by atoms with van der Waals surface area (Å²) in [6.45, 7) is 0. The van der Waals surface area contributed by atoms with Crippen molar-refractivity contribution < 1.29 is 9.53 Å². The van der Waals surface area contributed by atoms with Crippen LogP contribution in [0.25, 0.3) is 5.69 Å². The maximum absolute atomic E-state index is 11.2. The van der Waals surface area contributed by atoms with Crippen molar-refractivity contribution in [1.29, 1.82) is 0 Å². The molecule has 6 nitrogen and oxygen atoms in total. The number of methoxy groups -OCH3 is 1. The number of amides is 1. The molecule has 100 valence electrons. The summed E-state index contributed by atoms with van der Waals surface area (Å²) in [5.41, 5.74) is 0.921. The van der Waals surface area contributed by atoms with Gasteiger partial charge in [0.1, 0.15) is 12.1 Å². The lowest BCUT2D eigenvalue weighted by molar-refractivity contribution is -0.118. The Balaban J connectivity index is 2.15. The van der Waals surface area contributed by atoms with E-state index in [0.29, 0.717) is 10.9 Å². The number of ether oxygens (including phenoxy) is 1. The zero-order valence-corrected chi connectivity index (χ0v) is 11.5. The van der Waals surface area contributed by atoms with Gasteiger partial charge in [0.25, 0.3) is 0 Å². The van der Waals surface area contributed by atoms with Crippen LogP contribution in [-0.4, -0.2) is 40.6 Å². The summed E-state index contributed by atoms with van der Waals surface area (Å²) in [6.07, 6.45) is 1.62. The molecule has 0 aliphatic carbocycles. The topological polar surface area (TPSA) is 69.0 Å². The number of benzene rings is 1. The van der Waals surface area contributed by atoms with Crippen LogP contribution >= 0.6 is 11.8 Å². The van der Waals surface area contributed by atoms with Crippen molar-refractivity contribution >= 4 is 17.7 Å². The van der Waals surface area contributed by atoms with Crippen LogP contribution in [0.4, 0.5) is 0 Å². The summed E-state index contributed by atoms with van der Waals surface area (Å²) in [6, 6.07) is 7.54. The van der Waals surface area contributed by atoms with E-state index in [9.17, 15) is 4.79 Å². The van der Waals surface area contributed by atoms with E-state index in [0.717, 1.165) is 11.4 Å². The summed E-state index contributed by atoms with van der Waals surface area (Å²) >= 11 is 1.34. The van der Waals surface area contributed by atoms with E-state index in [2.05, 4.69) is 15.5 Å². The minimum Gasteiger partial charge on any atom is -0.497 e. The Bertz CT molecular complexity index is 553. The Labute approximate surface area is 115 Å². The van der Waals surface area contributed by atoms with Crippen molar-refractivity contribution in [2.75, 3.05) is 19.9 Å². The van der Waals surface area contributed by atoms with E-state index in [1.165, 1.54) is 11.8 Å². The van der Waals surface area contributed by atoms with Crippen LogP contribution in [-0.2, 0) is 4.79 Å².